The summed E-state index contributed by atoms with van der Waals surface area (Å²) in [4.78, 5) is 11.5. The zero-order valence-electron chi connectivity index (χ0n) is 14.1. The maximum atomic E-state index is 11.5. The first kappa shape index (κ1) is 16.5. The van der Waals surface area contributed by atoms with Crippen molar-refractivity contribution >= 4 is 5.97 Å². The van der Waals surface area contributed by atoms with Gasteiger partial charge >= 0.3 is 5.97 Å². The summed E-state index contributed by atoms with van der Waals surface area (Å²) in [6.07, 6.45) is 0.453. The third kappa shape index (κ3) is 2.98. The number of aromatic hydroxyl groups is 1. The Morgan fingerprint density at radius 2 is 1.91 bits per heavy atom. The quantitative estimate of drug-likeness (QED) is 0.685. The highest BCUT2D eigenvalue weighted by atomic mass is 16.6. The first-order valence-electron chi connectivity index (χ1n) is 7.53. The van der Waals surface area contributed by atoms with E-state index in [1.54, 1.807) is 0 Å². The number of rotatable bonds is 3. The summed E-state index contributed by atoms with van der Waals surface area (Å²) in [7, 11) is 0. The van der Waals surface area contributed by atoms with Crippen LogP contribution in [0.25, 0.3) is 0 Å². The fourth-order valence-corrected chi connectivity index (χ4v) is 2.64. The van der Waals surface area contributed by atoms with Crippen LogP contribution in [0.2, 0.25) is 0 Å². The molecule has 1 aliphatic rings. The predicted molar refractivity (Wildman–Crippen MR) is 83.1 cm³/mol. The number of benzene rings is 1. The smallest absolute Gasteiger partial charge is 0.308 e. The van der Waals surface area contributed by atoms with Crippen LogP contribution in [-0.2, 0) is 16.6 Å². The summed E-state index contributed by atoms with van der Waals surface area (Å²) in [5, 5.41) is 10.7. The molecule has 1 aromatic rings. The molecule has 5 heteroatoms. The van der Waals surface area contributed by atoms with Crippen LogP contribution in [0.4, 0.5) is 0 Å². The Labute approximate surface area is 131 Å². The Kier molecular flexibility index (Phi) is 4.27. The number of phenols is 1. The lowest BCUT2D eigenvalue weighted by atomic mass is 9.83. The molecule has 2 rings (SSSR count). The van der Waals surface area contributed by atoms with Crippen molar-refractivity contribution < 1.29 is 24.1 Å². The number of esters is 1. The van der Waals surface area contributed by atoms with Gasteiger partial charge in [-0.15, -0.1) is 0 Å². The molecule has 0 atom stereocenters. The maximum Gasteiger partial charge on any atom is 0.308 e. The number of phenolic OH excluding ortho intramolecular Hbond substituents is 1. The van der Waals surface area contributed by atoms with Crippen LogP contribution >= 0.6 is 0 Å². The lowest BCUT2D eigenvalue weighted by Crippen LogP contribution is -2.18. The molecule has 0 radical (unpaired) electrons. The van der Waals surface area contributed by atoms with Crippen LogP contribution in [0.3, 0.4) is 0 Å². The van der Waals surface area contributed by atoms with E-state index in [0.717, 1.165) is 0 Å². The molecule has 122 valence electrons. The van der Waals surface area contributed by atoms with Gasteiger partial charge in [-0.05, 0) is 19.3 Å². The molecule has 0 saturated heterocycles. The van der Waals surface area contributed by atoms with Crippen LogP contribution in [0.1, 0.15) is 52.7 Å². The van der Waals surface area contributed by atoms with E-state index >= 15 is 0 Å². The Hall–Kier alpha value is -1.91. The molecular weight excluding hydrogens is 284 g/mol. The number of hydrogen-bond donors (Lipinski definition) is 1. The Balaban J connectivity index is 2.79. The molecule has 0 aromatic heterocycles. The van der Waals surface area contributed by atoms with Gasteiger partial charge in [-0.3, -0.25) is 4.79 Å². The first-order valence-corrected chi connectivity index (χ1v) is 7.53. The van der Waals surface area contributed by atoms with Crippen molar-refractivity contribution in [1.82, 2.24) is 0 Å². The molecule has 1 N–H and O–H groups in total. The second-order valence-electron chi connectivity index (χ2n) is 6.80. The molecule has 0 fully saturated rings. The Morgan fingerprint density at radius 1 is 1.27 bits per heavy atom. The molecule has 0 spiro atoms. The molecule has 1 heterocycles. The molecule has 1 aromatic carbocycles. The van der Waals surface area contributed by atoms with Crippen LogP contribution in [0.15, 0.2) is 0 Å². The summed E-state index contributed by atoms with van der Waals surface area (Å²) in [5.41, 5.74) is 0.944. The van der Waals surface area contributed by atoms with E-state index in [0.29, 0.717) is 35.7 Å². The molecule has 22 heavy (non-hydrogen) atoms. The minimum Gasteiger partial charge on any atom is -0.507 e. The van der Waals surface area contributed by atoms with Crippen LogP contribution in [0, 0.1) is 0 Å². The van der Waals surface area contributed by atoms with E-state index in [2.05, 4.69) is 0 Å². The van der Waals surface area contributed by atoms with Crippen molar-refractivity contribution in [2.75, 3.05) is 6.61 Å². The fraction of sp³-hybridized carbons (Fsp3) is 0.588. The van der Waals surface area contributed by atoms with Crippen molar-refractivity contribution in [1.29, 1.82) is 0 Å². The van der Waals surface area contributed by atoms with Crippen molar-refractivity contribution in [3.63, 3.8) is 0 Å². The van der Waals surface area contributed by atoms with E-state index in [1.807, 2.05) is 34.6 Å². The SMILES string of the molecule is CC(=O)Oc1c2c(c(O)c(C(C)(C)C)c1OC(C)C)CCO2. The van der Waals surface area contributed by atoms with Gasteiger partial charge in [0.25, 0.3) is 0 Å². The van der Waals surface area contributed by atoms with Crippen molar-refractivity contribution in [2.24, 2.45) is 0 Å². The predicted octanol–water partition coefficient (Wildman–Crippen LogP) is 3.34. The average Bonchev–Trinajstić information content (AvgIpc) is 2.80. The number of ether oxygens (including phenoxy) is 3. The fourth-order valence-electron chi connectivity index (χ4n) is 2.64. The second-order valence-corrected chi connectivity index (χ2v) is 6.80. The zero-order chi connectivity index (χ0) is 16.7. The van der Waals surface area contributed by atoms with Crippen LogP contribution < -0.4 is 14.2 Å². The number of fused-ring (bicyclic) bond motifs is 1. The summed E-state index contributed by atoms with van der Waals surface area (Å²) in [6, 6.07) is 0. The largest absolute Gasteiger partial charge is 0.507 e. The highest BCUT2D eigenvalue weighted by Crippen LogP contribution is 2.54. The average molecular weight is 308 g/mol. The number of carbonyl (C=O) groups is 1. The van der Waals surface area contributed by atoms with Gasteiger partial charge < -0.3 is 19.3 Å². The summed E-state index contributed by atoms with van der Waals surface area (Å²) < 4.78 is 16.9. The van der Waals surface area contributed by atoms with E-state index in [-0.39, 0.29) is 23.0 Å². The summed E-state index contributed by atoms with van der Waals surface area (Å²) in [6.45, 7) is 11.5. The van der Waals surface area contributed by atoms with E-state index in [9.17, 15) is 9.90 Å². The highest BCUT2D eigenvalue weighted by Gasteiger charge is 2.36. The normalized spacial score (nSPS) is 13.8. The Bertz CT molecular complexity index is 596. The molecule has 0 amide bonds. The lowest BCUT2D eigenvalue weighted by molar-refractivity contribution is -0.132. The lowest BCUT2D eigenvalue weighted by Gasteiger charge is -2.28. The minimum atomic E-state index is -0.447. The van der Waals surface area contributed by atoms with E-state index < -0.39 is 5.97 Å². The monoisotopic (exact) mass is 308 g/mol. The van der Waals surface area contributed by atoms with Gasteiger partial charge in [0.05, 0.1) is 12.7 Å². The molecule has 0 unspecified atom stereocenters. The van der Waals surface area contributed by atoms with Crippen LogP contribution in [0.5, 0.6) is 23.0 Å². The maximum absolute atomic E-state index is 11.5. The third-order valence-electron chi connectivity index (χ3n) is 3.38. The second kappa shape index (κ2) is 5.71. The standard InChI is InChI=1S/C17H24O5/c1-9(2)21-15-12(17(4,5)6)13(19)11-7-8-20-14(11)16(15)22-10(3)18/h9,19H,7-8H2,1-6H3. The summed E-state index contributed by atoms with van der Waals surface area (Å²) in [5.74, 6) is 0.798. The van der Waals surface area contributed by atoms with Gasteiger partial charge in [-0.25, -0.2) is 0 Å². The van der Waals surface area contributed by atoms with Gasteiger partial charge in [-0.2, -0.15) is 0 Å². The zero-order valence-corrected chi connectivity index (χ0v) is 14.1. The Morgan fingerprint density at radius 3 is 2.41 bits per heavy atom. The topological polar surface area (TPSA) is 65.0 Å². The molecule has 5 nitrogen and oxygen atoms in total. The van der Waals surface area contributed by atoms with Gasteiger partial charge in [0.15, 0.2) is 11.5 Å². The molecule has 0 saturated carbocycles. The summed E-state index contributed by atoms with van der Waals surface area (Å²) >= 11 is 0. The highest BCUT2D eigenvalue weighted by molar-refractivity contribution is 5.76. The van der Waals surface area contributed by atoms with Gasteiger partial charge in [0.2, 0.25) is 5.75 Å². The molecular formula is C17H24O5. The van der Waals surface area contributed by atoms with Gasteiger partial charge in [-0.1, -0.05) is 20.8 Å². The van der Waals surface area contributed by atoms with Crippen molar-refractivity contribution in [2.45, 2.75) is 59.5 Å². The number of carbonyl (C=O) groups excluding carboxylic acids is 1. The molecule has 0 aliphatic carbocycles. The van der Waals surface area contributed by atoms with E-state index in [1.165, 1.54) is 6.92 Å². The van der Waals surface area contributed by atoms with Crippen molar-refractivity contribution in [3.05, 3.63) is 11.1 Å². The third-order valence-corrected chi connectivity index (χ3v) is 3.38. The first-order chi connectivity index (χ1) is 10.1. The molecule has 1 aliphatic heterocycles. The molecule has 0 bridgehead atoms. The van der Waals surface area contributed by atoms with Crippen molar-refractivity contribution in [3.8, 4) is 23.0 Å². The van der Waals surface area contributed by atoms with Crippen LogP contribution in [-0.4, -0.2) is 23.8 Å². The number of hydrogen-bond acceptors (Lipinski definition) is 5. The van der Waals surface area contributed by atoms with Gasteiger partial charge in [0.1, 0.15) is 5.75 Å². The van der Waals surface area contributed by atoms with Gasteiger partial charge in [0, 0.05) is 24.5 Å². The minimum absolute atomic E-state index is 0.130. The van der Waals surface area contributed by atoms with E-state index in [4.69, 9.17) is 14.2 Å².